The maximum absolute atomic E-state index is 13.1. The number of carbonyl (C=O) groups excluding carboxylic acids is 1. The van der Waals surface area contributed by atoms with Gasteiger partial charge in [0.1, 0.15) is 5.75 Å². The van der Waals surface area contributed by atoms with Crippen molar-refractivity contribution in [2.75, 3.05) is 13.2 Å². The number of carboxylic acids is 1. The Balaban J connectivity index is 1.75. The second-order valence-corrected chi connectivity index (χ2v) is 8.05. The summed E-state index contributed by atoms with van der Waals surface area (Å²) in [4.78, 5) is 31.0. The van der Waals surface area contributed by atoms with E-state index in [1.54, 1.807) is 17.0 Å². The fraction of sp³-hybridized carbons (Fsp3) is 0.160. The average Bonchev–Trinajstić information content (AvgIpc) is 3.09. The zero-order valence-electron chi connectivity index (χ0n) is 17.7. The number of likely N-dealkylation sites (N-methyl/N-ethyl adjacent to an activating group) is 1. The first kappa shape index (κ1) is 21.6. The number of amidine groups is 1. The van der Waals surface area contributed by atoms with Crippen LogP contribution in [0.15, 0.2) is 70.6 Å². The predicted octanol–water partition coefficient (Wildman–Crippen LogP) is 5.56. The number of ether oxygens (including phenoxy) is 1. The summed E-state index contributed by atoms with van der Waals surface area (Å²) in [5.74, 6) is -0.381. The van der Waals surface area contributed by atoms with Crippen LogP contribution < -0.4 is 4.74 Å². The Bertz CT molecular complexity index is 1250. The molecule has 1 saturated heterocycles. The molecule has 1 aliphatic heterocycles. The summed E-state index contributed by atoms with van der Waals surface area (Å²) >= 11 is 1.30. The van der Waals surface area contributed by atoms with Crippen LogP contribution in [0.5, 0.6) is 5.75 Å². The molecule has 32 heavy (non-hydrogen) atoms. The van der Waals surface area contributed by atoms with Gasteiger partial charge in [-0.15, -0.1) is 0 Å². The van der Waals surface area contributed by atoms with Crippen molar-refractivity contribution in [2.45, 2.75) is 13.8 Å². The van der Waals surface area contributed by atoms with E-state index in [9.17, 15) is 9.59 Å². The minimum absolute atomic E-state index is 0.117. The lowest BCUT2D eigenvalue weighted by Gasteiger charge is -2.12. The summed E-state index contributed by atoms with van der Waals surface area (Å²) in [5, 5.41) is 11.7. The molecule has 1 amide bonds. The van der Waals surface area contributed by atoms with Crippen LogP contribution in [0.4, 0.5) is 5.69 Å². The maximum Gasteiger partial charge on any atom is 0.335 e. The summed E-state index contributed by atoms with van der Waals surface area (Å²) < 4.78 is 5.84. The molecule has 3 aromatic rings. The van der Waals surface area contributed by atoms with Gasteiger partial charge in [0.15, 0.2) is 5.17 Å². The van der Waals surface area contributed by atoms with Gasteiger partial charge in [0.05, 0.1) is 22.8 Å². The third-order valence-electron chi connectivity index (χ3n) is 5.05. The third kappa shape index (κ3) is 4.24. The Labute approximate surface area is 190 Å². The highest BCUT2D eigenvalue weighted by atomic mass is 32.2. The number of carboxylic acid groups (broad SMARTS) is 1. The van der Waals surface area contributed by atoms with E-state index in [-0.39, 0.29) is 11.5 Å². The molecule has 0 unspecified atom stereocenters. The molecule has 0 aliphatic carbocycles. The number of aliphatic imine (C=N–C) groups is 1. The van der Waals surface area contributed by atoms with Crippen molar-refractivity contribution in [3.8, 4) is 5.75 Å². The molecule has 1 heterocycles. The molecule has 0 saturated carbocycles. The minimum atomic E-state index is -0.991. The highest BCUT2D eigenvalue weighted by molar-refractivity contribution is 8.18. The summed E-state index contributed by atoms with van der Waals surface area (Å²) in [6, 6.07) is 18.2. The van der Waals surface area contributed by atoms with Gasteiger partial charge in [-0.2, -0.15) is 0 Å². The van der Waals surface area contributed by atoms with Crippen LogP contribution in [-0.2, 0) is 4.79 Å². The summed E-state index contributed by atoms with van der Waals surface area (Å²) in [6.07, 6.45) is 1.87. The van der Waals surface area contributed by atoms with Gasteiger partial charge < -0.3 is 9.84 Å². The predicted molar refractivity (Wildman–Crippen MR) is 129 cm³/mol. The number of thioether (sulfide) groups is 1. The van der Waals surface area contributed by atoms with Crippen LogP contribution in [0.3, 0.4) is 0 Å². The van der Waals surface area contributed by atoms with Crippen LogP contribution in [0.1, 0.15) is 29.8 Å². The zero-order chi connectivity index (χ0) is 22.7. The average molecular weight is 447 g/mol. The third-order valence-corrected chi connectivity index (χ3v) is 6.06. The Kier molecular flexibility index (Phi) is 6.28. The molecule has 1 fully saturated rings. The van der Waals surface area contributed by atoms with E-state index in [0.29, 0.717) is 28.9 Å². The second kappa shape index (κ2) is 9.28. The van der Waals surface area contributed by atoms with E-state index in [4.69, 9.17) is 9.84 Å². The number of hydrogen-bond donors (Lipinski definition) is 1. The van der Waals surface area contributed by atoms with Gasteiger partial charge >= 0.3 is 5.97 Å². The van der Waals surface area contributed by atoms with Crippen molar-refractivity contribution >= 4 is 51.3 Å². The molecule has 6 nitrogen and oxygen atoms in total. The molecule has 0 aromatic heterocycles. The summed E-state index contributed by atoms with van der Waals surface area (Å²) in [7, 11) is 0. The number of amides is 1. The molecular weight excluding hydrogens is 424 g/mol. The van der Waals surface area contributed by atoms with E-state index >= 15 is 0 Å². The first-order valence-corrected chi connectivity index (χ1v) is 11.1. The molecule has 0 spiro atoms. The van der Waals surface area contributed by atoms with Gasteiger partial charge in [0, 0.05) is 12.1 Å². The number of rotatable bonds is 6. The molecule has 0 atom stereocenters. The lowest BCUT2D eigenvalue weighted by Crippen LogP contribution is -2.28. The number of nitrogens with zero attached hydrogens (tertiary/aromatic N) is 2. The molecule has 3 aromatic carbocycles. The zero-order valence-corrected chi connectivity index (χ0v) is 18.6. The quantitative estimate of drug-likeness (QED) is 0.502. The first-order valence-electron chi connectivity index (χ1n) is 10.3. The number of carbonyl (C=O) groups is 2. The fourth-order valence-corrected chi connectivity index (χ4v) is 4.54. The molecule has 1 N–H and O–H groups in total. The number of hydrogen-bond acceptors (Lipinski definition) is 5. The van der Waals surface area contributed by atoms with Crippen LogP contribution in [0, 0.1) is 0 Å². The number of benzene rings is 3. The SMILES string of the molecule is CCOc1ccc2ccccc2c1C=C1SC(=Nc2ccc(C(=O)O)cc2)N(CC)C1=O. The normalized spacial score (nSPS) is 16.3. The van der Waals surface area contributed by atoms with Gasteiger partial charge in [-0.25, -0.2) is 9.79 Å². The minimum Gasteiger partial charge on any atom is -0.493 e. The van der Waals surface area contributed by atoms with Crippen molar-refractivity contribution in [2.24, 2.45) is 4.99 Å². The Hall–Kier alpha value is -3.58. The lowest BCUT2D eigenvalue weighted by molar-refractivity contribution is -0.122. The number of aromatic carboxylic acids is 1. The molecule has 0 radical (unpaired) electrons. The van der Waals surface area contributed by atoms with E-state index in [1.807, 2.05) is 56.3 Å². The van der Waals surface area contributed by atoms with Crippen molar-refractivity contribution in [3.05, 3.63) is 76.7 Å². The molecule has 4 rings (SSSR count). The van der Waals surface area contributed by atoms with E-state index < -0.39 is 5.97 Å². The molecule has 7 heteroatoms. The summed E-state index contributed by atoms with van der Waals surface area (Å²) in [6.45, 7) is 4.83. The van der Waals surface area contributed by atoms with Crippen molar-refractivity contribution in [1.29, 1.82) is 0 Å². The molecule has 0 bridgehead atoms. The Morgan fingerprint density at radius 3 is 2.53 bits per heavy atom. The molecular formula is C25H22N2O4S. The van der Waals surface area contributed by atoms with Crippen molar-refractivity contribution in [3.63, 3.8) is 0 Å². The number of fused-ring (bicyclic) bond motifs is 1. The van der Waals surface area contributed by atoms with Crippen LogP contribution in [-0.4, -0.2) is 40.2 Å². The van der Waals surface area contributed by atoms with Crippen LogP contribution in [0.25, 0.3) is 16.8 Å². The lowest BCUT2D eigenvalue weighted by atomic mass is 10.0. The second-order valence-electron chi connectivity index (χ2n) is 7.04. The van der Waals surface area contributed by atoms with Crippen molar-refractivity contribution in [1.82, 2.24) is 4.90 Å². The fourth-order valence-electron chi connectivity index (χ4n) is 3.50. The van der Waals surface area contributed by atoms with Gasteiger partial charge in [-0.05, 0) is 72.8 Å². The van der Waals surface area contributed by atoms with Gasteiger partial charge in [-0.3, -0.25) is 9.69 Å². The smallest absolute Gasteiger partial charge is 0.335 e. The van der Waals surface area contributed by atoms with E-state index in [1.165, 1.54) is 23.9 Å². The summed E-state index contributed by atoms with van der Waals surface area (Å²) in [5.41, 5.74) is 1.64. The first-order chi connectivity index (χ1) is 15.5. The molecule has 1 aliphatic rings. The Morgan fingerprint density at radius 2 is 1.84 bits per heavy atom. The van der Waals surface area contributed by atoms with Crippen LogP contribution >= 0.6 is 11.8 Å². The standard InChI is InChI=1S/C25H22N2O4S/c1-3-27-23(28)22(32-25(27)26-18-12-9-17(10-13-18)24(29)30)15-20-19-8-6-5-7-16(19)11-14-21(20)31-4-2/h5-15H,3-4H2,1-2H3,(H,29,30). The van der Waals surface area contributed by atoms with E-state index in [2.05, 4.69) is 4.99 Å². The van der Waals surface area contributed by atoms with Gasteiger partial charge in [0.2, 0.25) is 0 Å². The van der Waals surface area contributed by atoms with Crippen LogP contribution in [0.2, 0.25) is 0 Å². The highest BCUT2D eigenvalue weighted by Gasteiger charge is 2.32. The largest absolute Gasteiger partial charge is 0.493 e. The topological polar surface area (TPSA) is 79.2 Å². The van der Waals surface area contributed by atoms with Gasteiger partial charge in [-0.1, -0.05) is 30.3 Å². The van der Waals surface area contributed by atoms with E-state index in [0.717, 1.165) is 22.1 Å². The molecule has 162 valence electrons. The Morgan fingerprint density at radius 1 is 1.09 bits per heavy atom. The van der Waals surface area contributed by atoms with Crippen molar-refractivity contribution < 1.29 is 19.4 Å². The highest BCUT2D eigenvalue weighted by Crippen LogP contribution is 2.37. The maximum atomic E-state index is 13.1. The monoisotopic (exact) mass is 446 g/mol. The van der Waals surface area contributed by atoms with Gasteiger partial charge in [0.25, 0.3) is 5.91 Å².